The van der Waals surface area contributed by atoms with Gasteiger partial charge in [0.15, 0.2) is 0 Å². The van der Waals surface area contributed by atoms with Gasteiger partial charge in [0.25, 0.3) is 0 Å². The summed E-state index contributed by atoms with van der Waals surface area (Å²) in [6.45, 7) is 43.6. The van der Waals surface area contributed by atoms with Gasteiger partial charge < -0.3 is 26.0 Å². The summed E-state index contributed by atoms with van der Waals surface area (Å²) in [6.07, 6.45) is 15.6. The van der Waals surface area contributed by atoms with Crippen molar-refractivity contribution in [2.45, 2.75) is 40.5 Å². The van der Waals surface area contributed by atoms with Crippen molar-refractivity contribution >= 4 is 150 Å². The summed E-state index contributed by atoms with van der Waals surface area (Å²) in [5.74, 6) is 0. The zero-order chi connectivity index (χ0) is 41.2. The Morgan fingerprint density at radius 1 is 0.617 bits per heavy atom. The number of hydrazine groups is 1. The predicted octanol–water partition coefficient (Wildman–Crippen LogP) is 0.953. The van der Waals surface area contributed by atoms with Crippen LogP contribution in [0.15, 0.2) is 101 Å². The van der Waals surface area contributed by atoms with Crippen molar-refractivity contribution in [2.24, 2.45) is 50.3 Å². The molecule has 30 radical (unpaired) electrons. The van der Waals surface area contributed by atoms with Gasteiger partial charge in [-0.05, 0) is 66.8 Å². The van der Waals surface area contributed by atoms with Gasteiger partial charge in [0.1, 0.15) is 0 Å². The molecule has 6 N–H and O–H groups in total. The highest BCUT2D eigenvalue weighted by molar-refractivity contribution is 5.76. The lowest BCUT2D eigenvalue weighted by Gasteiger charge is -1.86. The van der Waals surface area contributed by atoms with Crippen LogP contribution in [0.2, 0.25) is 0 Å². The largest absolute Gasteiger partial charge is 0.380 e. The molecule has 0 rings (SSSR count). The second kappa shape index (κ2) is 240. The highest BCUT2D eigenvalue weighted by atomic mass is 15.5. The first-order valence-corrected chi connectivity index (χ1v) is 15.1. The average molecular weight is 817 g/mol. The Bertz CT molecular complexity index is 693. The molecule has 0 saturated heterocycles. The van der Waals surface area contributed by atoms with E-state index in [4.69, 9.17) is 0 Å². The summed E-state index contributed by atoms with van der Waals surface area (Å²) in [7, 11) is 10.6. The smallest absolute Gasteiger partial charge is 0.0874 e. The Balaban J connectivity index is -0.0000000162. The monoisotopic (exact) mass is 819 g/mol. The maximum absolute atomic E-state index is 3.73. The van der Waals surface area contributed by atoms with Crippen molar-refractivity contribution in [3.63, 3.8) is 0 Å². The summed E-state index contributed by atoms with van der Waals surface area (Å²) in [5, 5.41) is 15.3. The zero-order valence-electron chi connectivity index (χ0n) is 39.2. The van der Waals surface area contributed by atoms with E-state index in [1.54, 1.807) is 59.1 Å². The number of nitrogens with zero attached hydrogens (tertiary/aromatic N) is 10. The van der Waals surface area contributed by atoms with E-state index in [1.165, 1.54) is 6.20 Å². The van der Waals surface area contributed by atoms with Crippen LogP contribution in [0, 0.1) is 0 Å². The number of hydrazone groups is 3. The Kier molecular flexibility index (Phi) is 524. The first-order chi connectivity index (χ1) is 24.1. The number of allylic oxidation sites excluding steroid dienone is 2. The number of hydrogen-bond donors (Lipinski definition) is 6. The average Bonchev–Trinajstić information content (AvgIpc) is 3.11. The second-order valence-electron chi connectivity index (χ2n) is 6.89. The third kappa shape index (κ3) is 617. The molecule has 0 aliphatic carbocycles. The van der Waals surface area contributed by atoms with Crippen LogP contribution in [0.25, 0.3) is 0 Å². The Morgan fingerprint density at radius 3 is 1.12 bits per heavy atom. The lowest BCUT2D eigenvalue weighted by molar-refractivity contribution is 0.637. The Hall–Kier alpha value is -4.57. The molecule has 0 aliphatic rings. The maximum Gasteiger partial charge on any atom is 0.0874 e. The summed E-state index contributed by atoms with van der Waals surface area (Å²) in [4.78, 5) is 25.0. The first-order valence-electron chi connectivity index (χ1n) is 15.1. The maximum atomic E-state index is 3.73. The van der Waals surface area contributed by atoms with E-state index in [0.29, 0.717) is 13.2 Å². The normalized spacial score (nSPS) is 6.43. The fourth-order valence-electron chi connectivity index (χ4n) is 1.14. The molecular formula is C34H76B10N16. The van der Waals surface area contributed by atoms with E-state index >= 15 is 0 Å². The molecule has 0 atom stereocenters. The molecule has 0 fully saturated rings. The fourth-order valence-corrected chi connectivity index (χ4v) is 1.14. The van der Waals surface area contributed by atoms with Crippen molar-refractivity contribution in [1.82, 2.24) is 32.4 Å². The van der Waals surface area contributed by atoms with Gasteiger partial charge in [-0.25, -0.2) is 11.0 Å². The molecule has 16 nitrogen and oxygen atoms in total. The van der Waals surface area contributed by atoms with Crippen LogP contribution in [0.5, 0.6) is 0 Å². The van der Waals surface area contributed by atoms with Crippen molar-refractivity contribution < 1.29 is 0 Å². The topological polar surface area (TPSA) is 196 Å². The van der Waals surface area contributed by atoms with Gasteiger partial charge in [0, 0.05) is 171 Å². The fraction of sp³-hybridized carbons (Fsp3) is 0.471. The van der Waals surface area contributed by atoms with Crippen LogP contribution in [-0.2, 0) is 0 Å². The summed E-state index contributed by atoms with van der Waals surface area (Å²) in [5.41, 5.74) is 9.93. The molecule has 60 heavy (non-hydrogen) atoms. The number of rotatable bonds is 16. The SMILES string of the molecule is C=CC=NC.C=CCN=C.C=CNN=C.C=N/C=C\C.C=NCCC.C=NCNC.C=NNCC.C=NNNC.CCC=NC.CN=CNC.[B].[B].[B].[B].[B].[B].[B].[B].[B].[B]. The van der Waals surface area contributed by atoms with Crippen LogP contribution >= 0.6 is 0 Å². The lowest BCUT2D eigenvalue weighted by Crippen LogP contribution is -2.20. The van der Waals surface area contributed by atoms with Crippen LogP contribution in [0.1, 0.15) is 40.5 Å². The van der Waals surface area contributed by atoms with Gasteiger partial charge in [-0.1, -0.05) is 45.2 Å². The Labute approximate surface area is 390 Å². The third-order valence-electron chi connectivity index (χ3n) is 2.69. The van der Waals surface area contributed by atoms with Crippen LogP contribution in [-0.4, -0.2) is 219 Å². The van der Waals surface area contributed by atoms with Crippen molar-refractivity contribution in [1.29, 1.82) is 0 Å². The van der Waals surface area contributed by atoms with Crippen LogP contribution in [0.3, 0.4) is 0 Å². The van der Waals surface area contributed by atoms with Gasteiger partial charge in [0.2, 0.25) is 0 Å². The molecule has 0 aliphatic heterocycles. The summed E-state index contributed by atoms with van der Waals surface area (Å²) >= 11 is 0. The van der Waals surface area contributed by atoms with Crippen molar-refractivity contribution in [3.05, 3.63) is 50.4 Å². The molecule has 0 saturated carbocycles. The molecule has 0 aromatic carbocycles. The second-order valence-corrected chi connectivity index (χ2v) is 6.89. The summed E-state index contributed by atoms with van der Waals surface area (Å²) < 4.78 is 0. The van der Waals surface area contributed by atoms with Crippen LogP contribution in [0.4, 0.5) is 0 Å². The van der Waals surface area contributed by atoms with Gasteiger partial charge in [0.05, 0.1) is 19.6 Å². The molecule has 0 aromatic rings. The van der Waals surface area contributed by atoms with Gasteiger partial charge >= 0.3 is 0 Å². The number of aliphatic imine (C=N–C) groups is 7. The van der Waals surface area contributed by atoms with Gasteiger partial charge in [-0.3, -0.25) is 30.4 Å². The minimum absolute atomic E-state index is 0. The van der Waals surface area contributed by atoms with E-state index < -0.39 is 0 Å². The number of nitrogens with one attached hydrogen (secondary N) is 6. The van der Waals surface area contributed by atoms with Gasteiger partial charge in [-0.2, -0.15) is 15.3 Å². The minimum atomic E-state index is 0. The van der Waals surface area contributed by atoms with Crippen molar-refractivity contribution in [2.75, 3.05) is 68.6 Å². The molecule has 0 bridgehead atoms. The quantitative estimate of drug-likeness (QED) is 0.0442. The molecule has 0 aromatic heterocycles. The standard InChI is InChI=1S/2C4H9N.3C4H7N.3C3H8N2.C3H6N2.C2H7N3.10B/c5*1-3-4-5-2;2*1-4-3-5-2;3*1-3-5-4-2;;;;;;;;;;/h4H,3H2,1-2H3;2-4H2,1H3;3-4H,2H2,1H3;3-4H,1H2,2H3;3H,1-2,4H2;3H,1-2H3,(H,4,5);5H,1,3H2,2H3;5H,2-3H2,1H3;3,5H,1-2H2;4-5H,1H2,2H3;;;;;;;;;;/b;;4-3-;;;;;;;;;;;;;;;;;. The van der Waals surface area contributed by atoms with Crippen LogP contribution < -0.4 is 32.4 Å². The Morgan fingerprint density at radius 2 is 1.12 bits per heavy atom. The molecule has 0 unspecified atom stereocenters. The van der Waals surface area contributed by atoms with E-state index in [0.717, 1.165) is 25.9 Å². The van der Waals surface area contributed by atoms with E-state index in [2.05, 4.69) is 163 Å². The van der Waals surface area contributed by atoms with E-state index in [-0.39, 0.29) is 84.1 Å². The highest BCUT2D eigenvalue weighted by Gasteiger charge is 1.62. The molecule has 0 spiro atoms. The summed E-state index contributed by atoms with van der Waals surface area (Å²) in [6, 6.07) is 0. The van der Waals surface area contributed by atoms with E-state index in [1.807, 2.05) is 40.2 Å². The minimum Gasteiger partial charge on any atom is -0.380 e. The molecule has 0 amide bonds. The molecular weight excluding hydrogens is 741 g/mol. The molecule has 322 valence electrons. The third-order valence-corrected chi connectivity index (χ3v) is 2.69. The lowest BCUT2D eigenvalue weighted by atomic mass is 10.5. The molecule has 26 heteroatoms. The first kappa shape index (κ1) is 131. The van der Waals surface area contributed by atoms with Crippen molar-refractivity contribution in [3.8, 4) is 0 Å². The highest BCUT2D eigenvalue weighted by Crippen LogP contribution is 1.70. The predicted molar refractivity (Wildman–Crippen MR) is 295 cm³/mol. The zero-order valence-corrected chi connectivity index (χ0v) is 39.2. The van der Waals surface area contributed by atoms with E-state index in [9.17, 15) is 0 Å². The molecule has 0 heterocycles. The number of hydrogen-bond acceptors (Lipinski definition) is 15. The van der Waals surface area contributed by atoms with Gasteiger partial charge in [-0.15, -0.1) is 6.58 Å².